The van der Waals surface area contributed by atoms with Gasteiger partial charge in [0.1, 0.15) is 6.10 Å². The number of sulfonamides is 1. The molecule has 0 saturated carbocycles. The molecule has 0 unspecified atom stereocenters. The number of para-hydroxylation sites is 1. The Hall–Kier alpha value is -4.19. The second-order valence-corrected chi connectivity index (χ2v) is 13.2. The Morgan fingerprint density at radius 3 is 2.43 bits per heavy atom. The predicted molar refractivity (Wildman–Crippen MR) is 170 cm³/mol. The first-order valence-corrected chi connectivity index (χ1v) is 16.1. The molecule has 0 aliphatic carbocycles. The van der Waals surface area contributed by atoms with Crippen molar-refractivity contribution in [3.63, 3.8) is 0 Å². The molecule has 0 bridgehead atoms. The van der Waals surface area contributed by atoms with Crippen LogP contribution in [-0.4, -0.2) is 77.7 Å². The van der Waals surface area contributed by atoms with Crippen LogP contribution in [0.15, 0.2) is 90.3 Å². The number of nitrogens with one attached hydrogen (secondary N) is 1. The normalized spacial score (nSPS) is 17.9. The number of likely N-dealkylation sites (N-methyl/N-ethyl adjacent to an activating group) is 1. The maximum absolute atomic E-state index is 13.8. The van der Waals surface area contributed by atoms with Crippen molar-refractivity contribution >= 4 is 21.6 Å². The molecule has 0 radical (unpaired) electrons. The molecule has 44 heavy (non-hydrogen) atoms. The van der Waals surface area contributed by atoms with Crippen LogP contribution in [0.5, 0.6) is 5.75 Å². The van der Waals surface area contributed by atoms with Gasteiger partial charge in [0, 0.05) is 38.8 Å². The molecule has 11 heteroatoms. The Kier molecular flexibility index (Phi) is 9.38. The monoisotopic (exact) mass is 617 g/mol. The van der Waals surface area contributed by atoms with Gasteiger partial charge in [-0.2, -0.15) is 8.42 Å². The van der Waals surface area contributed by atoms with Gasteiger partial charge in [0.15, 0.2) is 10.8 Å². The standard InChI is InChI=1S/C33H39N5O5S/c1-23-17-38(24(2)21-39)33(40)28-11-8-12-29(35-44(41,42)31-20-37(4)22-34-31)32(28)43-30(23)19-36(3)18-25-13-15-27(16-14-25)26-9-6-5-7-10-26/h5-16,20,22-24,30,35,39H,17-19,21H2,1-4H3/t23-,24+,30+/m1/s1. The van der Waals surface area contributed by atoms with Crippen LogP contribution in [0.25, 0.3) is 11.1 Å². The van der Waals surface area contributed by atoms with E-state index in [0.717, 1.165) is 16.7 Å². The maximum atomic E-state index is 13.8. The third-order valence-corrected chi connectivity index (χ3v) is 9.15. The van der Waals surface area contributed by atoms with Crippen LogP contribution in [0.3, 0.4) is 0 Å². The number of benzene rings is 3. The number of aromatic nitrogens is 2. The Morgan fingerprint density at radius 1 is 1.07 bits per heavy atom. The van der Waals surface area contributed by atoms with Gasteiger partial charge in [-0.1, -0.05) is 67.6 Å². The number of amides is 1. The molecular weight excluding hydrogens is 578 g/mol. The summed E-state index contributed by atoms with van der Waals surface area (Å²) in [5.74, 6) is -0.314. The number of aliphatic hydroxyl groups is 1. The highest BCUT2D eigenvalue weighted by atomic mass is 32.2. The van der Waals surface area contributed by atoms with E-state index in [4.69, 9.17) is 4.74 Å². The lowest BCUT2D eigenvalue weighted by atomic mass is 9.98. The Labute approximate surface area is 259 Å². The zero-order valence-electron chi connectivity index (χ0n) is 25.4. The van der Waals surface area contributed by atoms with Gasteiger partial charge in [-0.3, -0.25) is 14.4 Å². The van der Waals surface area contributed by atoms with Crippen molar-refractivity contribution in [1.82, 2.24) is 19.4 Å². The first-order chi connectivity index (χ1) is 21.1. The molecular formula is C33H39N5O5S. The fourth-order valence-electron chi connectivity index (χ4n) is 5.38. The van der Waals surface area contributed by atoms with Crippen LogP contribution in [0, 0.1) is 5.92 Å². The fraction of sp³-hybridized carbons (Fsp3) is 0.333. The topological polar surface area (TPSA) is 117 Å². The molecule has 232 valence electrons. The molecule has 4 aromatic rings. The minimum absolute atomic E-state index is 0.135. The molecule has 3 aromatic carbocycles. The number of hydrogen-bond acceptors (Lipinski definition) is 7. The van der Waals surface area contributed by atoms with Crippen molar-refractivity contribution in [1.29, 1.82) is 0 Å². The van der Waals surface area contributed by atoms with Crippen molar-refractivity contribution in [2.75, 3.05) is 31.5 Å². The molecule has 3 atom stereocenters. The summed E-state index contributed by atoms with van der Waals surface area (Å²) in [6, 6.07) is 23.1. The van der Waals surface area contributed by atoms with Gasteiger partial charge in [0.2, 0.25) is 0 Å². The van der Waals surface area contributed by atoms with Crippen LogP contribution in [0.2, 0.25) is 0 Å². The minimum atomic E-state index is -4.05. The van der Waals surface area contributed by atoms with Crippen molar-refractivity contribution in [3.05, 3.63) is 96.4 Å². The number of hydrogen-bond donors (Lipinski definition) is 2. The van der Waals surface area contributed by atoms with Gasteiger partial charge >= 0.3 is 0 Å². The van der Waals surface area contributed by atoms with E-state index in [9.17, 15) is 18.3 Å². The van der Waals surface area contributed by atoms with E-state index >= 15 is 0 Å². The van der Waals surface area contributed by atoms with Crippen LogP contribution in [0.1, 0.15) is 29.8 Å². The zero-order valence-corrected chi connectivity index (χ0v) is 26.2. The number of anilines is 1. The Morgan fingerprint density at radius 2 is 1.77 bits per heavy atom. The highest BCUT2D eigenvalue weighted by Gasteiger charge is 2.35. The number of ether oxygens (including phenoxy) is 1. The average molecular weight is 618 g/mol. The second kappa shape index (κ2) is 13.2. The van der Waals surface area contributed by atoms with Crippen LogP contribution in [-0.2, 0) is 23.6 Å². The van der Waals surface area contributed by atoms with E-state index < -0.39 is 22.2 Å². The molecule has 0 fully saturated rings. The molecule has 1 amide bonds. The summed E-state index contributed by atoms with van der Waals surface area (Å²) in [6.07, 6.45) is 2.41. The molecule has 5 rings (SSSR count). The molecule has 2 heterocycles. The number of rotatable bonds is 10. The summed E-state index contributed by atoms with van der Waals surface area (Å²) >= 11 is 0. The summed E-state index contributed by atoms with van der Waals surface area (Å²) in [5.41, 5.74) is 3.82. The number of fused-ring (bicyclic) bond motifs is 1. The van der Waals surface area contributed by atoms with Gasteiger partial charge in [0.05, 0.1) is 30.2 Å². The van der Waals surface area contributed by atoms with Crippen molar-refractivity contribution < 1.29 is 23.1 Å². The SMILES string of the molecule is C[C@@H]1CN([C@@H](C)CO)C(=O)c2cccc(NS(=O)(=O)c3cn(C)cn3)c2O[C@H]1CN(C)Cc1ccc(-c2ccccc2)cc1. The molecule has 2 N–H and O–H groups in total. The highest BCUT2D eigenvalue weighted by molar-refractivity contribution is 7.92. The number of aliphatic hydroxyl groups excluding tert-OH is 1. The molecule has 1 aromatic heterocycles. The van der Waals surface area contributed by atoms with E-state index in [-0.39, 0.29) is 40.5 Å². The van der Waals surface area contributed by atoms with E-state index in [1.165, 1.54) is 12.5 Å². The lowest BCUT2D eigenvalue weighted by molar-refractivity contribution is 0.0344. The van der Waals surface area contributed by atoms with Gasteiger partial charge < -0.3 is 19.3 Å². The summed E-state index contributed by atoms with van der Waals surface area (Å²) in [6.45, 7) is 5.14. The summed E-state index contributed by atoms with van der Waals surface area (Å²) < 4.78 is 37.1. The smallest absolute Gasteiger partial charge is 0.281 e. The fourth-order valence-corrected chi connectivity index (χ4v) is 6.43. The number of nitrogens with zero attached hydrogens (tertiary/aromatic N) is 4. The maximum Gasteiger partial charge on any atom is 0.281 e. The van der Waals surface area contributed by atoms with E-state index in [1.54, 1.807) is 41.6 Å². The second-order valence-electron chi connectivity index (χ2n) is 11.5. The van der Waals surface area contributed by atoms with E-state index in [0.29, 0.717) is 19.6 Å². The minimum Gasteiger partial charge on any atom is -0.486 e. The highest BCUT2D eigenvalue weighted by Crippen LogP contribution is 2.36. The summed E-state index contributed by atoms with van der Waals surface area (Å²) in [4.78, 5) is 21.5. The largest absolute Gasteiger partial charge is 0.486 e. The van der Waals surface area contributed by atoms with Crippen molar-refractivity contribution in [3.8, 4) is 16.9 Å². The summed E-state index contributed by atoms with van der Waals surface area (Å²) in [5, 5.41) is 9.83. The number of carbonyl (C=O) groups excluding carboxylic acids is 1. The number of carbonyl (C=O) groups is 1. The van der Waals surface area contributed by atoms with Crippen LogP contribution in [0.4, 0.5) is 5.69 Å². The van der Waals surface area contributed by atoms with Gasteiger partial charge in [-0.05, 0) is 42.8 Å². The average Bonchev–Trinajstić information content (AvgIpc) is 3.47. The first-order valence-electron chi connectivity index (χ1n) is 14.6. The van der Waals surface area contributed by atoms with Crippen LogP contribution < -0.4 is 9.46 Å². The van der Waals surface area contributed by atoms with Crippen molar-refractivity contribution in [2.24, 2.45) is 13.0 Å². The quantitative estimate of drug-likeness (QED) is 0.273. The Bertz CT molecular complexity index is 1690. The molecule has 0 saturated heterocycles. The zero-order chi connectivity index (χ0) is 31.4. The lowest BCUT2D eigenvalue weighted by Crippen LogP contribution is -2.49. The molecule has 1 aliphatic heterocycles. The lowest BCUT2D eigenvalue weighted by Gasteiger charge is -2.38. The number of aryl methyl sites for hydroxylation is 1. The van der Waals surface area contributed by atoms with Gasteiger partial charge in [-0.15, -0.1) is 0 Å². The number of imidazole rings is 1. The van der Waals surface area contributed by atoms with Crippen LogP contribution >= 0.6 is 0 Å². The van der Waals surface area contributed by atoms with Gasteiger partial charge in [0.25, 0.3) is 15.9 Å². The molecule has 0 spiro atoms. The third-order valence-electron chi connectivity index (χ3n) is 7.90. The first kappa shape index (κ1) is 31.2. The molecule has 10 nitrogen and oxygen atoms in total. The van der Waals surface area contributed by atoms with Crippen molar-refractivity contribution in [2.45, 2.75) is 37.6 Å². The van der Waals surface area contributed by atoms with E-state index in [1.807, 2.05) is 32.2 Å². The predicted octanol–water partition coefficient (Wildman–Crippen LogP) is 4.24. The molecule has 1 aliphatic rings. The third kappa shape index (κ3) is 6.96. The Balaban J connectivity index is 1.42. The summed E-state index contributed by atoms with van der Waals surface area (Å²) in [7, 11) is -0.362. The van der Waals surface area contributed by atoms with E-state index in [2.05, 4.69) is 51.0 Å². The van der Waals surface area contributed by atoms with Gasteiger partial charge in [-0.25, -0.2) is 4.98 Å².